The van der Waals surface area contributed by atoms with Gasteiger partial charge < -0.3 is 10.1 Å². The summed E-state index contributed by atoms with van der Waals surface area (Å²) in [6, 6.07) is 6.45. The zero-order valence-electron chi connectivity index (χ0n) is 18.2. The fraction of sp³-hybridized carbons (Fsp3) is 0.636. The normalized spacial score (nSPS) is 15.4. The van der Waals surface area contributed by atoms with Gasteiger partial charge in [-0.15, -0.1) is 0 Å². The van der Waals surface area contributed by atoms with Crippen LogP contribution >= 0.6 is 0 Å². The number of Topliss-reactive ketones (excluding diaryl/α,β-unsaturated/α-hetero) is 1. The second-order valence-electron chi connectivity index (χ2n) is 8.90. The van der Waals surface area contributed by atoms with E-state index in [-0.39, 0.29) is 24.5 Å². The Balaban J connectivity index is 1.84. The molecule has 0 aliphatic heterocycles. The number of carbonyl (C=O) groups is 2. The fourth-order valence-electron chi connectivity index (χ4n) is 3.52. The molecule has 0 aromatic heterocycles. The molecule has 168 valence electrons. The summed E-state index contributed by atoms with van der Waals surface area (Å²) in [6.45, 7) is 5.43. The number of carbonyl (C=O) groups excluding carboxylic acids is 2. The number of nitrogens with one attached hydrogen (secondary N) is 2. The number of amides is 1. The summed E-state index contributed by atoms with van der Waals surface area (Å²) in [5.74, 6) is 0.394. The lowest BCUT2D eigenvalue weighted by atomic mass is 9.88. The number of hydrogen-bond acceptors (Lipinski definition) is 5. The van der Waals surface area contributed by atoms with Crippen LogP contribution in [0, 0.1) is 5.92 Å². The molecule has 1 aromatic rings. The molecule has 2 rings (SSSR count). The molecule has 0 saturated heterocycles. The third-order valence-electron chi connectivity index (χ3n) is 5.00. The number of alkyl carbamates (subject to hydrolysis) is 1. The van der Waals surface area contributed by atoms with Crippen LogP contribution in [0.4, 0.5) is 10.5 Å². The van der Waals surface area contributed by atoms with Crippen LogP contribution in [0.3, 0.4) is 0 Å². The Bertz CT molecular complexity index is 824. The molecule has 0 heterocycles. The quantitative estimate of drug-likeness (QED) is 0.553. The second kappa shape index (κ2) is 10.8. The van der Waals surface area contributed by atoms with E-state index in [1.807, 2.05) is 0 Å². The molecule has 0 bridgehead atoms. The lowest BCUT2D eigenvalue weighted by Gasteiger charge is -2.21. The van der Waals surface area contributed by atoms with Gasteiger partial charge in [0.15, 0.2) is 5.78 Å². The van der Waals surface area contributed by atoms with E-state index in [1.165, 1.54) is 25.3 Å². The Morgan fingerprint density at radius 2 is 1.83 bits per heavy atom. The van der Waals surface area contributed by atoms with Gasteiger partial charge in [0.1, 0.15) is 5.60 Å². The SMILES string of the molecule is CC(C)(C)OC(=O)NCCC(=O)c1cccc(NS(=O)(=O)CCC2CCCCC2)c1. The molecular weight excluding hydrogens is 404 g/mol. The van der Waals surface area contributed by atoms with Crippen molar-refractivity contribution in [1.82, 2.24) is 5.32 Å². The van der Waals surface area contributed by atoms with Crippen molar-refractivity contribution in [3.8, 4) is 0 Å². The topological polar surface area (TPSA) is 102 Å². The number of ether oxygens (including phenoxy) is 1. The van der Waals surface area contributed by atoms with Crippen molar-refractivity contribution in [2.75, 3.05) is 17.0 Å². The summed E-state index contributed by atoms with van der Waals surface area (Å²) in [4.78, 5) is 24.0. The maximum absolute atomic E-state index is 12.4. The lowest BCUT2D eigenvalue weighted by molar-refractivity contribution is 0.0527. The van der Waals surface area contributed by atoms with Crippen molar-refractivity contribution < 1.29 is 22.7 Å². The molecule has 1 aromatic carbocycles. The molecule has 8 heteroatoms. The van der Waals surface area contributed by atoms with Gasteiger partial charge in [0.2, 0.25) is 10.0 Å². The molecule has 1 aliphatic rings. The Morgan fingerprint density at radius 1 is 1.13 bits per heavy atom. The van der Waals surface area contributed by atoms with E-state index in [0.717, 1.165) is 12.8 Å². The lowest BCUT2D eigenvalue weighted by Crippen LogP contribution is -2.33. The number of anilines is 1. The summed E-state index contributed by atoms with van der Waals surface area (Å²) in [5.41, 5.74) is 0.175. The monoisotopic (exact) mass is 438 g/mol. The van der Waals surface area contributed by atoms with Crippen molar-refractivity contribution in [1.29, 1.82) is 0 Å². The minimum atomic E-state index is -3.46. The third kappa shape index (κ3) is 9.15. The van der Waals surface area contributed by atoms with Crippen LogP contribution in [0.15, 0.2) is 24.3 Å². The van der Waals surface area contributed by atoms with Crippen LogP contribution in [0.1, 0.15) is 76.1 Å². The van der Waals surface area contributed by atoms with E-state index in [2.05, 4.69) is 10.0 Å². The largest absolute Gasteiger partial charge is 0.444 e. The van der Waals surface area contributed by atoms with Gasteiger partial charge in [0, 0.05) is 24.2 Å². The Hall–Kier alpha value is -2.09. The van der Waals surface area contributed by atoms with Crippen LogP contribution in [-0.2, 0) is 14.8 Å². The van der Waals surface area contributed by atoms with Crippen molar-refractivity contribution >= 4 is 27.6 Å². The Kier molecular flexibility index (Phi) is 8.70. The minimum Gasteiger partial charge on any atom is -0.444 e. The number of ketones is 1. The Morgan fingerprint density at radius 3 is 2.50 bits per heavy atom. The Labute approximate surface area is 180 Å². The van der Waals surface area contributed by atoms with Crippen molar-refractivity contribution in [3.05, 3.63) is 29.8 Å². The first-order valence-electron chi connectivity index (χ1n) is 10.6. The molecular formula is C22H34N2O5S. The van der Waals surface area contributed by atoms with Crippen LogP contribution < -0.4 is 10.0 Å². The molecule has 0 unspecified atom stereocenters. The molecule has 1 saturated carbocycles. The van der Waals surface area contributed by atoms with E-state index >= 15 is 0 Å². The maximum atomic E-state index is 12.4. The van der Waals surface area contributed by atoms with Crippen LogP contribution in [0.2, 0.25) is 0 Å². The van der Waals surface area contributed by atoms with Gasteiger partial charge in [0.25, 0.3) is 0 Å². The number of rotatable bonds is 9. The third-order valence-corrected chi connectivity index (χ3v) is 6.32. The highest BCUT2D eigenvalue weighted by Crippen LogP contribution is 2.27. The summed E-state index contributed by atoms with van der Waals surface area (Å²) < 4.78 is 32.6. The highest BCUT2D eigenvalue weighted by Gasteiger charge is 2.19. The molecule has 7 nitrogen and oxygen atoms in total. The maximum Gasteiger partial charge on any atom is 0.407 e. The number of sulfonamides is 1. The standard InChI is InChI=1S/C22H34N2O5S/c1-22(2,3)29-21(26)23-14-12-20(25)18-10-7-11-19(16-18)24-30(27,28)15-13-17-8-5-4-6-9-17/h7,10-11,16-17,24H,4-6,8-9,12-15H2,1-3H3,(H,23,26). The molecule has 1 aliphatic carbocycles. The van der Waals surface area contributed by atoms with Crippen LogP contribution in [0.25, 0.3) is 0 Å². The van der Waals surface area contributed by atoms with Crippen LogP contribution in [-0.4, -0.2) is 38.2 Å². The van der Waals surface area contributed by atoms with Crippen LogP contribution in [0.5, 0.6) is 0 Å². The summed E-state index contributed by atoms with van der Waals surface area (Å²) in [5, 5.41) is 2.55. The van der Waals surface area contributed by atoms with Gasteiger partial charge in [-0.25, -0.2) is 13.2 Å². The van der Waals surface area contributed by atoms with Crippen molar-refractivity contribution in [2.24, 2.45) is 5.92 Å². The average Bonchev–Trinajstić information content (AvgIpc) is 2.66. The van der Waals surface area contributed by atoms with Gasteiger partial charge in [-0.2, -0.15) is 0 Å². The van der Waals surface area contributed by atoms with Gasteiger partial charge in [-0.05, 0) is 45.2 Å². The summed E-state index contributed by atoms with van der Waals surface area (Å²) >= 11 is 0. The van der Waals surface area contributed by atoms with E-state index in [0.29, 0.717) is 23.6 Å². The zero-order valence-corrected chi connectivity index (χ0v) is 19.0. The smallest absolute Gasteiger partial charge is 0.407 e. The van der Waals surface area contributed by atoms with Gasteiger partial charge in [-0.1, -0.05) is 44.2 Å². The highest BCUT2D eigenvalue weighted by molar-refractivity contribution is 7.92. The van der Waals surface area contributed by atoms with E-state index in [4.69, 9.17) is 4.74 Å². The summed E-state index contributed by atoms with van der Waals surface area (Å²) in [6.07, 6.45) is 6.02. The molecule has 1 fully saturated rings. The van der Waals surface area contributed by atoms with Crippen molar-refractivity contribution in [3.63, 3.8) is 0 Å². The van der Waals surface area contributed by atoms with Gasteiger partial charge in [0.05, 0.1) is 5.75 Å². The minimum absolute atomic E-state index is 0.0929. The first-order valence-corrected chi connectivity index (χ1v) is 12.3. The molecule has 0 spiro atoms. The zero-order chi connectivity index (χ0) is 22.2. The highest BCUT2D eigenvalue weighted by atomic mass is 32.2. The van der Waals surface area contributed by atoms with E-state index in [9.17, 15) is 18.0 Å². The molecule has 2 N–H and O–H groups in total. The molecule has 0 atom stereocenters. The predicted octanol–water partition coefficient (Wildman–Crippen LogP) is 4.50. The predicted molar refractivity (Wildman–Crippen MR) is 118 cm³/mol. The first kappa shape index (κ1) is 24.2. The van der Waals surface area contributed by atoms with E-state index in [1.54, 1.807) is 39.0 Å². The first-order chi connectivity index (χ1) is 14.0. The fourth-order valence-corrected chi connectivity index (χ4v) is 4.75. The van der Waals surface area contributed by atoms with Crippen molar-refractivity contribution in [2.45, 2.75) is 71.3 Å². The van der Waals surface area contributed by atoms with Gasteiger partial charge in [-0.3, -0.25) is 9.52 Å². The molecule has 30 heavy (non-hydrogen) atoms. The number of benzene rings is 1. The van der Waals surface area contributed by atoms with Gasteiger partial charge >= 0.3 is 6.09 Å². The second-order valence-corrected chi connectivity index (χ2v) is 10.7. The van der Waals surface area contributed by atoms with E-state index < -0.39 is 21.7 Å². The summed E-state index contributed by atoms with van der Waals surface area (Å²) in [7, 11) is -3.46. The number of hydrogen-bond donors (Lipinski definition) is 2. The molecule has 0 radical (unpaired) electrons. The molecule has 1 amide bonds. The average molecular weight is 439 g/mol.